The van der Waals surface area contributed by atoms with Crippen LogP contribution >= 0.6 is 0 Å². The van der Waals surface area contributed by atoms with E-state index in [0.29, 0.717) is 12.4 Å². The van der Waals surface area contributed by atoms with Crippen LogP contribution in [0, 0.1) is 6.92 Å². The third-order valence-electron chi connectivity index (χ3n) is 3.86. The fourth-order valence-corrected chi connectivity index (χ4v) is 2.63. The molecule has 6 nitrogen and oxygen atoms in total. The number of hydrogen-bond acceptors (Lipinski definition) is 5. The van der Waals surface area contributed by atoms with Crippen LogP contribution < -0.4 is 10.1 Å². The molecule has 2 aromatic rings. The lowest BCUT2D eigenvalue weighted by Gasteiger charge is -2.22. The molecule has 3 rings (SSSR count). The summed E-state index contributed by atoms with van der Waals surface area (Å²) in [6.07, 6.45) is 3.73. The van der Waals surface area contributed by atoms with Gasteiger partial charge in [-0.05, 0) is 50.5 Å². The van der Waals surface area contributed by atoms with Crippen LogP contribution in [0.15, 0.2) is 34.9 Å². The topological polar surface area (TPSA) is 73.6 Å². The summed E-state index contributed by atoms with van der Waals surface area (Å²) in [6.45, 7) is 3.21. The van der Waals surface area contributed by atoms with Gasteiger partial charge < -0.3 is 19.3 Å². The van der Waals surface area contributed by atoms with Gasteiger partial charge in [-0.15, -0.1) is 0 Å². The minimum absolute atomic E-state index is 0.143. The molecule has 1 fully saturated rings. The molecule has 1 aliphatic rings. The molecule has 2 heterocycles. The highest BCUT2D eigenvalue weighted by atomic mass is 16.5. The number of anilines is 1. The number of nitrogens with one attached hydrogen (secondary N) is 1. The van der Waals surface area contributed by atoms with Crippen molar-refractivity contribution in [2.75, 3.05) is 18.5 Å². The molecule has 0 aliphatic carbocycles. The molecular weight excluding hydrogens is 308 g/mol. The molecule has 1 aromatic heterocycles. The van der Waals surface area contributed by atoms with E-state index in [1.54, 1.807) is 6.07 Å². The first-order valence-electron chi connectivity index (χ1n) is 8.25. The van der Waals surface area contributed by atoms with Gasteiger partial charge in [0.2, 0.25) is 5.91 Å². The Hall–Kier alpha value is -2.34. The Morgan fingerprint density at radius 3 is 2.83 bits per heavy atom. The Morgan fingerprint density at radius 1 is 1.33 bits per heavy atom. The lowest BCUT2D eigenvalue weighted by Crippen LogP contribution is -2.25. The van der Waals surface area contributed by atoms with Crippen LogP contribution in [0.4, 0.5) is 5.69 Å². The van der Waals surface area contributed by atoms with Crippen LogP contribution in [0.2, 0.25) is 0 Å². The van der Waals surface area contributed by atoms with E-state index < -0.39 is 0 Å². The molecule has 128 valence electrons. The summed E-state index contributed by atoms with van der Waals surface area (Å²) in [5.74, 6) is 1.18. The van der Waals surface area contributed by atoms with Crippen molar-refractivity contribution >= 4 is 11.6 Å². The van der Waals surface area contributed by atoms with Crippen LogP contribution in [0.5, 0.6) is 5.75 Å². The van der Waals surface area contributed by atoms with Gasteiger partial charge in [0.25, 0.3) is 0 Å². The second kappa shape index (κ2) is 7.97. The standard InChI is InChI=1S/C18H22N2O4/c1-13-10-17(24-20-13)11-18(21)19-14-5-7-15(8-6-14)23-12-16-4-2-3-9-22-16/h5-8,10,16H,2-4,9,11-12H2,1H3,(H,19,21). The first kappa shape index (κ1) is 16.5. The van der Waals surface area contributed by atoms with E-state index in [1.165, 1.54) is 6.42 Å². The second-order valence-electron chi connectivity index (χ2n) is 5.98. The molecule has 1 aliphatic heterocycles. The summed E-state index contributed by atoms with van der Waals surface area (Å²) in [6, 6.07) is 9.08. The van der Waals surface area contributed by atoms with Crippen LogP contribution in [0.3, 0.4) is 0 Å². The number of ether oxygens (including phenoxy) is 2. The first-order chi connectivity index (χ1) is 11.7. The zero-order valence-corrected chi connectivity index (χ0v) is 13.8. The number of carbonyl (C=O) groups is 1. The second-order valence-corrected chi connectivity index (χ2v) is 5.98. The van der Waals surface area contributed by atoms with E-state index in [0.717, 1.165) is 36.6 Å². The summed E-state index contributed by atoms with van der Waals surface area (Å²) in [4.78, 5) is 12.0. The van der Waals surface area contributed by atoms with Crippen LogP contribution in [-0.4, -0.2) is 30.4 Å². The van der Waals surface area contributed by atoms with Crippen molar-refractivity contribution in [1.29, 1.82) is 0 Å². The van der Waals surface area contributed by atoms with Gasteiger partial charge in [-0.25, -0.2) is 0 Å². The zero-order chi connectivity index (χ0) is 16.8. The Morgan fingerprint density at radius 2 is 2.17 bits per heavy atom. The number of aryl methyl sites for hydroxylation is 1. The first-order valence-corrected chi connectivity index (χ1v) is 8.25. The SMILES string of the molecule is Cc1cc(CC(=O)Nc2ccc(OCC3CCCCO3)cc2)on1. The lowest BCUT2D eigenvalue weighted by molar-refractivity contribution is -0.115. The molecule has 1 aromatic carbocycles. The number of aromatic nitrogens is 1. The highest BCUT2D eigenvalue weighted by Crippen LogP contribution is 2.18. The van der Waals surface area contributed by atoms with E-state index in [-0.39, 0.29) is 18.4 Å². The molecule has 1 unspecified atom stereocenters. The quantitative estimate of drug-likeness (QED) is 0.881. The molecule has 0 spiro atoms. The van der Waals surface area contributed by atoms with E-state index in [4.69, 9.17) is 14.0 Å². The number of nitrogens with zero attached hydrogens (tertiary/aromatic N) is 1. The van der Waals surface area contributed by atoms with Gasteiger partial charge in [0.15, 0.2) is 0 Å². The minimum Gasteiger partial charge on any atom is -0.491 e. The fraction of sp³-hybridized carbons (Fsp3) is 0.444. The molecule has 0 radical (unpaired) electrons. The van der Waals surface area contributed by atoms with Crippen LogP contribution in [0.25, 0.3) is 0 Å². The molecule has 1 N–H and O–H groups in total. The highest BCUT2D eigenvalue weighted by Gasteiger charge is 2.14. The molecule has 1 amide bonds. The predicted octanol–water partition coefficient (Wildman–Crippen LogP) is 3.11. The van der Waals surface area contributed by atoms with E-state index in [2.05, 4.69) is 10.5 Å². The Balaban J connectivity index is 1.46. The molecule has 6 heteroatoms. The maximum Gasteiger partial charge on any atom is 0.232 e. The molecule has 0 bridgehead atoms. The number of benzene rings is 1. The maximum absolute atomic E-state index is 12.0. The smallest absolute Gasteiger partial charge is 0.232 e. The average Bonchev–Trinajstić information content (AvgIpc) is 3.00. The summed E-state index contributed by atoms with van der Waals surface area (Å²) in [5.41, 5.74) is 1.48. The Kier molecular flexibility index (Phi) is 5.48. The van der Waals surface area contributed by atoms with Crippen molar-refractivity contribution in [3.8, 4) is 5.75 Å². The largest absolute Gasteiger partial charge is 0.491 e. The highest BCUT2D eigenvalue weighted by molar-refractivity contribution is 5.91. The van der Waals surface area contributed by atoms with Crippen LogP contribution in [-0.2, 0) is 16.0 Å². The number of amides is 1. The Bertz CT molecular complexity index is 660. The van der Waals surface area contributed by atoms with Crippen molar-refractivity contribution in [2.45, 2.75) is 38.7 Å². The third kappa shape index (κ3) is 4.83. The Labute approximate surface area is 141 Å². The van der Waals surface area contributed by atoms with Gasteiger partial charge in [0.05, 0.1) is 18.2 Å². The summed E-state index contributed by atoms with van der Waals surface area (Å²) < 4.78 is 16.4. The van der Waals surface area contributed by atoms with Gasteiger partial charge >= 0.3 is 0 Å². The minimum atomic E-state index is -0.143. The molecule has 0 saturated carbocycles. The van der Waals surface area contributed by atoms with Gasteiger partial charge in [-0.2, -0.15) is 0 Å². The van der Waals surface area contributed by atoms with E-state index in [9.17, 15) is 4.79 Å². The number of rotatable bonds is 6. The van der Waals surface area contributed by atoms with E-state index >= 15 is 0 Å². The average molecular weight is 330 g/mol. The third-order valence-corrected chi connectivity index (χ3v) is 3.86. The molecule has 1 saturated heterocycles. The zero-order valence-electron chi connectivity index (χ0n) is 13.8. The van der Waals surface area contributed by atoms with Crippen molar-refractivity contribution in [1.82, 2.24) is 5.16 Å². The lowest BCUT2D eigenvalue weighted by atomic mass is 10.1. The van der Waals surface area contributed by atoms with Gasteiger partial charge in [0, 0.05) is 18.4 Å². The summed E-state index contributed by atoms with van der Waals surface area (Å²) in [7, 11) is 0. The number of carbonyl (C=O) groups excluding carboxylic acids is 1. The van der Waals surface area contributed by atoms with Crippen molar-refractivity contribution in [3.05, 3.63) is 41.8 Å². The van der Waals surface area contributed by atoms with Gasteiger partial charge in [0.1, 0.15) is 18.1 Å². The predicted molar refractivity (Wildman–Crippen MR) is 89.1 cm³/mol. The molecule has 24 heavy (non-hydrogen) atoms. The van der Waals surface area contributed by atoms with Crippen molar-refractivity contribution in [2.24, 2.45) is 0 Å². The van der Waals surface area contributed by atoms with E-state index in [1.807, 2.05) is 31.2 Å². The van der Waals surface area contributed by atoms with Crippen LogP contribution in [0.1, 0.15) is 30.7 Å². The number of hydrogen-bond donors (Lipinski definition) is 1. The van der Waals surface area contributed by atoms with Gasteiger partial charge in [-0.1, -0.05) is 5.16 Å². The van der Waals surface area contributed by atoms with Gasteiger partial charge in [-0.3, -0.25) is 4.79 Å². The normalized spacial score (nSPS) is 17.5. The molecule has 1 atom stereocenters. The van der Waals surface area contributed by atoms with Crippen molar-refractivity contribution < 1.29 is 18.8 Å². The fourth-order valence-electron chi connectivity index (χ4n) is 2.63. The summed E-state index contributed by atoms with van der Waals surface area (Å²) in [5, 5.41) is 6.59. The monoisotopic (exact) mass is 330 g/mol. The van der Waals surface area contributed by atoms with Crippen molar-refractivity contribution in [3.63, 3.8) is 0 Å². The maximum atomic E-state index is 12.0. The molecular formula is C18H22N2O4. The summed E-state index contributed by atoms with van der Waals surface area (Å²) >= 11 is 0.